The van der Waals surface area contributed by atoms with Crippen LogP contribution in [0.25, 0.3) is 0 Å². The minimum absolute atomic E-state index is 0.121. The van der Waals surface area contributed by atoms with E-state index in [2.05, 4.69) is 14.9 Å². The SMILES string of the molecule is Cc1cc(OC(C)C)nc(N(C)CCCCCCl)n1. The molecular formula is C14H24ClN3O. The van der Waals surface area contributed by atoms with Crippen molar-refractivity contribution in [2.75, 3.05) is 24.4 Å². The molecule has 0 atom stereocenters. The molecule has 19 heavy (non-hydrogen) atoms. The van der Waals surface area contributed by atoms with Gasteiger partial charge in [-0.3, -0.25) is 0 Å². The van der Waals surface area contributed by atoms with Crippen LogP contribution in [0.2, 0.25) is 0 Å². The van der Waals surface area contributed by atoms with Crippen LogP contribution in [-0.4, -0.2) is 35.5 Å². The van der Waals surface area contributed by atoms with E-state index in [4.69, 9.17) is 16.3 Å². The number of anilines is 1. The Labute approximate surface area is 121 Å². The quantitative estimate of drug-likeness (QED) is 0.542. The van der Waals surface area contributed by atoms with Crippen LogP contribution in [0.4, 0.5) is 5.95 Å². The number of ether oxygens (including phenoxy) is 1. The smallest absolute Gasteiger partial charge is 0.228 e. The van der Waals surface area contributed by atoms with Crippen molar-refractivity contribution in [3.8, 4) is 5.88 Å². The van der Waals surface area contributed by atoms with Gasteiger partial charge in [-0.2, -0.15) is 4.98 Å². The molecule has 0 saturated heterocycles. The maximum Gasteiger partial charge on any atom is 0.228 e. The molecule has 0 aliphatic rings. The van der Waals surface area contributed by atoms with E-state index in [-0.39, 0.29) is 6.10 Å². The predicted molar refractivity (Wildman–Crippen MR) is 80.4 cm³/mol. The molecule has 1 aromatic rings. The molecule has 0 amide bonds. The molecule has 0 unspecified atom stereocenters. The summed E-state index contributed by atoms with van der Waals surface area (Å²) in [5, 5.41) is 0. The third-order valence-corrected chi connectivity index (χ3v) is 2.91. The van der Waals surface area contributed by atoms with Crippen molar-refractivity contribution in [1.82, 2.24) is 9.97 Å². The van der Waals surface area contributed by atoms with Crippen molar-refractivity contribution < 1.29 is 4.74 Å². The number of aromatic nitrogens is 2. The molecule has 0 aliphatic heterocycles. The van der Waals surface area contributed by atoms with Gasteiger partial charge < -0.3 is 9.64 Å². The van der Waals surface area contributed by atoms with E-state index in [1.54, 1.807) is 0 Å². The zero-order valence-electron chi connectivity index (χ0n) is 12.3. The summed E-state index contributed by atoms with van der Waals surface area (Å²) in [5.41, 5.74) is 0.924. The third kappa shape index (κ3) is 6.10. The molecule has 0 aliphatic carbocycles. The van der Waals surface area contributed by atoms with Crippen LogP contribution in [0.5, 0.6) is 5.88 Å². The van der Waals surface area contributed by atoms with E-state index in [1.165, 1.54) is 0 Å². The van der Waals surface area contributed by atoms with Gasteiger partial charge in [-0.1, -0.05) is 6.42 Å². The maximum absolute atomic E-state index is 5.67. The minimum Gasteiger partial charge on any atom is -0.475 e. The molecule has 5 heteroatoms. The van der Waals surface area contributed by atoms with E-state index >= 15 is 0 Å². The van der Waals surface area contributed by atoms with Crippen LogP contribution in [-0.2, 0) is 0 Å². The fourth-order valence-electron chi connectivity index (χ4n) is 1.72. The van der Waals surface area contributed by atoms with Crippen LogP contribution in [0.3, 0.4) is 0 Å². The van der Waals surface area contributed by atoms with E-state index < -0.39 is 0 Å². The lowest BCUT2D eigenvalue weighted by molar-refractivity contribution is 0.232. The summed E-state index contributed by atoms with van der Waals surface area (Å²) in [6.45, 7) is 6.88. The van der Waals surface area contributed by atoms with Gasteiger partial charge in [-0.25, -0.2) is 4.98 Å². The third-order valence-electron chi connectivity index (χ3n) is 2.64. The number of unbranched alkanes of at least 4 members (excludes halogenated alkanes) is 2. The van der Waals surface area contributed by atoms with E-state index in [1.807, 2.05) is 33.9 Å². The van der Waals surface area contributed by atoms with Gasteiger partial charge in [0.1, 0.15) is 0 Å². The molecule has 0 radical (unpaired) electrons. The zero-order valence-corrected chi connectivity index (χ0v) is 13.1. The maximum atomic E-state index is 5.67. The summed E-state index contributed by atoms with van der Waals surface area (Å²) in [4.78, 5) is 11.0. The second-order valence-corrected chi connectivity index (χ2v) is 5.36. The van der Waals surface area contributed by atoms with Gasteiger partial charge in [-0.05, 0) is 33.6 Å². The summed E-state index contributed by atoms with van der Waals surface area (Å²) in [6, 6.07) is 1.87. The number of hydrogen-bond acceptors (Lipinski definition) is 4. The van der Waals surface area contributed by atoms with E-state index in [0.29, 0.717) is 5.88 Å². The highest BCUT2D eigenvalue weighted by atomic mass is 35.5. The molecule has 0 spiro atoms. The first-order chi connectivity index (χ1) is 9.02. The molecule has 108 valence electrons. The highest BCUT2D eigenvalue weighted by molar-refractivity contribution is 6.17. The Kier molecular flexibility index (Phi) is 6.92. The Morgan fingerprint density at radius 3 is 2.63 bits per heavy atom. The molecule has 1 heterocycles. The Morgan fingerprint density at radius 2 is 2.00 bits per heavy atom. The van der Waals surface area contributed by atoms with Crippen molar-refractivity contribution in [1.29, 1.82) is 0 Å². The second-order valence-electron chi connectivity index (χ2n) is 4.99. The minimum atomic E-state index is 0.121. The zero-order chi connectivity index (χ0) is 14.3. The lowest BCUT2D eigenvalue weighted by Gasteiger charge is -2.18. The predicted octanol–water partition coefficient (Wildman–Crippen LogP) is 3.42. The average Bonchev–Trinajstić information content (AvgIpc) is 2.32. The highest BCUT2D eigenvalue weighted by Crippen LogP contribution is 2.16. The fraction of sp³-hybridized carbons (Fsp3) is 0.714. The van der Waals surface area contributed by atoms with Crippen LogP contribution >= 0.6 is 11.6 Å². The van der Waals surface area contributed by atoms with Crippen LogP contribution in [0.1, 0.15) is 38.8 Å². The summed E-state index contributed by atoms with van der Waals surface area (Å²) in [5.74, 6) is 2.10. The summed E-state index contributed by atoms with van der Waals surface area (Å²) in [6.07, 6.45) is 3.41. The number of aryl methyl sites for hydroxylation is 1. The normalized spacial score (nSPS) is 10.8. The van der Waals surface area contributed by atoms with Gasteiger partial charge in [0.25, 0.3) is 0 Å². The first kappa shape index (κ1) is 16.0. The molecule has 0 bridgehead atoms. The number of hydrogen-bond donors (Lipinski definition) is 0. The first-order valence-electron chi connectivity index (χ1n) is 6.82. The second kappa shape index (κ2) is 8.20. The molecule has 0 saturated carbocycles. The van der Waals surface area contributed by atoms with Crippen LogP contribution < -0.4 is 9.64 Å². The van der Waals surface area contributed by atoms with Gasteiger partial charge >= 0.3 is 0 Å². The summed E-state index contributed by atoms with van der Waals surface area (Å²) < 4.78 is 5.63. The Bertz CT molecular complexity index is 385. The lowest BCUT2D eigenvalue weighted by atomic mass is 10.2. The molecule has 4 nitrogen and oxygen atoms in total. The van der Waals surface area contributed by atoms with Crippen LogP contribution in [0, 0.1) is 6.92 Å². The highest BCUT2D eigenvalue weighted by Gasteiger charge is 2.08. The van der Waals surface area contributed by atoms with Gasteiger partial charge in [0.2, 0.25) is 11.8 Å². The number of rotatable bonds is 8. The van der Waals surface area contributed by atoms with E-state index in [0.717, 1.165) is 43.3 Å². The first-order valence-corrected chi connectivity index (χ1v) is 7.36. The van der Waals surface area contributed by atoms with Crippen molar-refractivity contribution in [3.63, 3.8) is 0 Å². The topological polar surface area (TPSA) is 38.2 Å². The van der Waals surface area contributed by atoms with Crippen molar-refractivity contribution >= 4 is 17.5 Å². The Balaban J connectivity index is 2.62. The standard InChI is InChI=1S/C14H24ClN3O/c1-11(2)19-13-10-12(3)16-14(17-13)18(4)9-7-5-6-8-15/h10-11H,5-9H2,1-4H3. The summed E-state index contributed by atoms with van der Waals surface area (Å²) >= 11 is 5.67. The van der Waals surface area contributed by atoms with Gasteiger partial charge in [0.15, 0.2) is 0 Å². The number of halogens is 1. The lowest BCUT2D eigenvalue weighted by Crippen LogP contribution is -2.22. The van der Waals surface area contributed by atoms with E-state index in [9.17, 15) is 0 Å². The van der Waals surface area contributed by atoms with Crippen LogP contribution in [0.15, 0.2) is 6.07 Å². The molecular weight excluding hydrogens is 262 g/mol. The molecule has 0 aromatic carbocycles. The molecule has 0 N–H and O–H groups in total. The molecule has 1 aromatic heterocycles. The Morgan fingerprint density at radius 1 is 1.26 bits per heavy atom. The van der Waals surface area contributed by atoms with Gasteiger partial charge in [0, 0.05) is 31.2 Å². The monoisotopic (exact) mass is 285 g/mol. The van der Waals surface area contributed by atoms with Crippen molar-refractivity contribution in [2.24, 2.45) is 0 Å². The van der Waals surface area contributed by atoms with Gasteiger partial charge in [-0.15, -0.1) is 11.6 Å². The molecule has 1 rings (SSSR count). The van der Waals surface area contributed by atoms with Gasteiger partial charge in [0.05, 0.1) is 6.10 Å². The average molecular weight is 286 g/mol. The largest absolute Gasteiger partial charge is 0.475 e. The summed E-state index contributed by atoms with van der Waals surface area (Å²) in [7, 11) is 2.01. The molecule has 0 fully saturated rings. The Hall–Kier alpha value is -1.03. The van der Waals surface area contributed by atoms with Crippen molar-refractivity contribution in [3.05, 3.63) is 11.8 Å². The number of nitrogens with zero attached hydrogens (tertiary/aromatic N) is 3. The fourth-order valence-corrected chi connectivity index (χ4v) is 1.91. The van der Waals surface area contributed by atoms with Crippen molar-refractivity contribution in [2.45, 2.75) is 46.1 Å². The number of alkyl halides is 1.